The Kier molecular flexibility index (Phi) is 8.50. The highest BCUT2D eigenvalue weighted by Crippen LogP contribution is 2.41. The molecule has 1 aromatic heterocycles. The first kappa shape index (κ1) is 29.7. The number of rotatable bonds is 8. The zero-order valence-corrected chi connectivity index (χ0v) is 23.3. The molecule has 0 amide bonds. The lowest BCUT2D eigenvalue weighted by Gasteiger charge is -2.30. The first-order valence-corrected chi connectivity index (χ1v) is 13.5. The quantitative estimate of drug-likeness (QED) is 0.235. The van der Waals surface area contributed by atoms with Crippen LogP contribution in [0.25, 0.3) is 0 Å². The molecule has 5 rings (SSSR count). The number of nitrogen functional groups attached to an aromatic ring is 1. The summed E-state index contributed by atoms with van der Waals surface area (Å²) >= 11 is 0. The van der Waals surface area contributed by atoms with Crippen LogP contribution in [0.1, 0.15) is 38.0 Å². The molecule has 222 valence electrons. The van der Waals surface area contributed by atoms with E-state index in [9.17, 15) is 24.4 Å². The number of hydrogen-bond acceptors (Lipinski definition) is 11. The van der Waals surface area contributed by atoms with Crippen LogP contribution in [0.3, 0.4) is 0 Å². The van der Waals surface area contributed by atoms with E-state index in [1.165, 1.54) is 37.3 Å². The number of esters is 3. The minimum atomic E-state index is -2.43. The molecular weight excluding hydrogens is 568 g/mol. The van der Waals surface area contributed by atoms with Crippen molar-refractivity contribution in [2.75, 3.05) is 5.73 Å². The maximum Gasteiger partial charge on any atom is 0.352 e. The first-order valence-electron chi connectivity index (χ1n) is 13.5. The molecule has 5 atom stereocenters. The number of hydrogen-bond donors (Lipinski definition) is 1. The molecule has 1 saturated heterocycles. The highest BCUT2D eigenvalue weighted by atomic mass is 16.7. The van der Waals surface area contributed by atoms with E-state index in [0.29, 0.717) is 0 Å². The first-order chi connectivity index (χ1) is 21.2. The third kappa shape index (κ3) is 5.90. The van der Waals surface area contributed by atoms with Gasteiger partial charge in [-0.3, -0.25) is 4.57 Å². The Morgan fingerprint density at radius 2 is 1.36 bits per heavy atom. The molecule has 1 aliphatic heterocycles. The number of aromatic nitrogens is 2. The van der Waals surface area contributed by atoms with E-state index in [1.807, 2.05) is 6.07 Å². The Bertz CT molecular complexity index is 1760. The fourth-order valence-corrected chi connectivity index (χ4v) is 4.78. The topological polar surface area (TPSA) is 173 Å². The lowest BCUT2D eigenvalue weighted by molar-refractivity contribution is -0.127. The standard InChI is InChI=1S/C32H26N4O8/c1-20(41-28(37)21-11-5-2-6-12-21)25-26(42-29(38)22-13-7-3-8-14-22)27(43-30(39)23-15-9-4-10-16-23)32(19-33,44-25)36-18-17-24(34)35-31(36)40/h2-18,20,25-27H,1H3,(H2,34,35,40). The Balaban J connectivity index is 1.61. The second-order valence-corrected chi connectivity index (χ2v) is 9.80. The number of carbonyl (C=O) groups excluding carboxylic acids is 3. The third-order valence-corrected chi connectivity index (χ3v) is 6.93. The summed E-state index contributed by atoms with van der Waals surface area (Å²) in [5.41, 5.74) is 2.74. The van der Waals surface area contributed by atoms with Crippen molar-refractivity contribution in [2.45, 2.75) is 37.1 Å². The molecule has 0 spiro atoms. The zero-order valence-electron chi connectivity index (χ0n) is 23.3. The minimum absolute atomic E-state index is 0.113. The van der Waals surface area contributed by atoms with E-state index in [4.69, 9.17) is 24.7 Å². The van der Waals surface area contributed by atoms with Gasteiger partial charge in [-0.05, 0) is 49.4 Å². The highest BCUT2D eigenvalue weighted by Gasteiger charge is 2.64. The number of benzene rings is 3. The van der Waals surface area contributed by atoms with Gasteiger partial charge in [-0.2, -0.15) is 10.2 Å². The zero-order chi connectivity index (χ0) is 31.3. The van der Waals surface area contributed by atoms with Crippen molar-refractivity contribution in [2.24, 2.45) is 0 Å². The molecule has 5 unspecified atom stereocenters. The molecule has 4 aromatic rings. The Morgan fingerprint density at radius 1 is 0.864 bits per heavy atom. The van der Waals surface area contributed by atoms with Crippen LogP contribution in [0.15, 0.2) is 108 Å². The SMILES string of the molecule is CC(OC(=O)c1ccccc1)C1OC(C#N)(n2ccc(N)nc2=O)C(OC(=O)c2ccccc2)C1OC(=O)c1ccccc1. The summed E-state index contributed by atoms with van der Waals surface area (Å²) in [6.45, 7) is 1.46. The third-order valence-electron chi connectivity index (χ3n) is 6.93. The molecule has 44 heavy (non-hydrogen) atoms. The molecule has 0 radical (unpaired) electrons. The summed E-state index contributed by atoms with van der Waals surface area (Å²) in [5.74, 6) is -2.61. The molecule has 0 aliphatic carbocycles. The monoisotopic (exact) mass is 594 g/mol. The Hall–Kier alpha value is -5.80. The maximum atomic E-state index is 13.4. The van der Waals surface area contributed by atoms with Crippen LogP contribution in [0.4, 0.5) is 5.82 Å². The minimum Gasteiger partial charge on any atom is -0.456 e. The number of ether oxygens (including phenoxy) is 4. The van der Waals surface area contributed by atoms with Crippen LogP contribution in [0.5, 0.6) is 0 Å². The van der Waals surface area contributed by atoms with Crippen molar-refractivity contribution < 1.29 is 33.3 Å². The number of nitriles is 1. The highest BCUT2D eigenvalue weighted by molar-refractivity contribution is 5.91. The molecule has 12 nitrogen and oxygen atoms in total. The molecule has 0 saturated carbocycles. The molecule has 0 bridgehead atoms. The van der Waals surface area contributed by atoms with Gasteiger partial charge >= 0.3 is 23.6 Å². The summed E-state index contributed by atoms with van der Waals surface area (Å²) in [6.07, 6.45) is -4.76. The van der Waals surface area contributed by atoms with Gasteiger partial charge < -0.3 is 24.7 Å². The second-order valence-electron chi connectivity index (χ2n) is 9.80. The summed E-state index contributed by atoms with van der Waals surface area (Å²) in [7, 11) is 0. The van der Waals surface area contributed by atoms with Crippen LogP contribution in [0.2, 0.25) is 0 Å². The van der Waals surface area contributed by atoms with Crippen LogP contribution in [-0.2, 0) is 24.7 Å². The van der Waals surface area contributed by atoms with Gasteiger partial charge in [-0.25, -0.2) is 19.2 Å². The van der Waals surface area contributed by atoms with Crippen molar-refractivity contribution in [1.82, 2.24) is 9.55 Å². The van der Waals surface area contributed by atoms with Crippen LogP contribution >= 0.6 is 0 Å². The number of nitrogens with two attached hydrogens (primary N) is 1. The number of nitrogens with zero attached hydrogens (tertiary/aromatic N) is 3. The molecule has 2 N–H and O–H groups in total. The lowest BCUT2D eigenvalue weighted by Crippen LogP contribution is -2.52. The molecule has 1 fully saturated rings. The average molecular weight is 595 g/mol. The molecule has 3 aromatic carbocycles. The second kappa shape index (κ2) is 12.6. The summed E-state index contributed by atoms with van der Waals surface area (Å²) in [4.78, 5) is 56.5. The van der Waals surface area contributed by atoms with Crippen molar-refractivity contribution in [1.29, 1.82) is 5.26 Å². The van der Waals surface area contributed by atoms with Gasteiger partial charge in [-0.15, -0.1) is 0 Å². The fraction of sp³-hybridized carbons (Fsp3) is 0.188. The van der Waals surface area contributed by atoms with E-state index < -0.39 is 53.7 Å². The van der Waals surface area contributed by atoms with Crippen LogP contribution in [0, 0.1) is 11.3 Å². The maximum absolute atomic E-state index is 13.4. The smallest absolute Gasteiger partial charge is 0.352 e. The van der Waals surface area contributed by atoms with Gasteiger partial charge in [0.05, 0.1) is 16.7 Å². The lowest BCUT2D eigenvalue weighted by atomic mass is 10.00. The van der Waals surface area contributed by atoms with Crippen LogP contribution in [-0.4, -0.2) is 51.9 Å². The van der Waals surface area contributed by atoms with Crippen molar-refractivity contribution >= 4 is 23.7 Å². The molecular formula is C32H26N4O8. The molecule has 2 heterocycles. The predicted molar refractivity (Wildman–Crippen MR) is 154 cm³/mol. The van der Waals surface area contributed by atoms with Crippen LogP contribution < -0.4 is 11.4 Å². The Labute approximate surface area is 251 Å². The van der Waals surface area contributed by atoms with Crippen molar-refractivity contribution in [3.63, 3.8) is 0 Å². The summed E-state index contributed by atoms with van der Waals surface area (Å²) in [5, 5.41) is 10.6. The van der Waals surface area contributed by atoms with Gasteiger partial charge in [-0.1, -0.05) is 54.6 Å². The van der Waals surface area contributed by atoms with Crippen molar-refractivity contribution in [3.8, 4) is 6.07 Å². The average Bonchev–Trinajstić information content (AvgIpc) is 3.35. The molecule has 12 heteroatoms. The predicted octanol–water partition coefficient (Wildman–Crippen LogP) is 3.10. The van der Waals surface area contributed by atoms with E-state index >= 15 is 0 Å². The normalized spacial score (nSPS) is 21.4. The van der Waals surface area contributed by atoms with E-state index in [2.05, 4.69) is 4.98 Å². The van der Waals surface area contributed by atoms with E-state index in [0.717, 1.165) is 10.8 Å². The number of anilines is 1. The van der Waals surface area contributed by atoms with Gasteiger partial charge in [0, 0.05) is 6.20 Å². The Morgan fingerprint density at radius 3 is 1.86 bits per heavy atom. The van der Waals surface area contributed by atoms with Gasteiger partial charge in [0.2, 0.25) is 6.10 Å². The van der Waals surface area contributed by atoms with E-state index in [-0.39, 0.29) is 22.5 Å². The van der Waals surface area contributed by atoms with Crippen molar-refractivity contribution in [3.05, 3.63) is 130 Å². The van der Waals surface area contributed by atoms with E-state index in [1.54, 1.807) is 66.7 Å². The van der Waals surface area contributed by atoms with Gasteiger partial charge in [0.1, 0.15) is 24.1 Å². The largest absolute Gasteiger partial charge is 0.456 e. The van der Waals surface area contributed by atoms with Gasteiger partial charge in [0.25, 0.3) is 5.72 Å². The number of carbonyl (C=O) groups is 3. The summed E-state index contributed by atoms with van der Waals surface area (Å²) in [6, 6.07) is 27.1. The summed E-state index contributed by atoms with van der Waals surface area (Å²) < 4.78 is 24.4. The fourth-order valence-electron chi connectivity index (χ4n) is 4.78. The van der Waals surface area contributed by atoms with Gasteiger partial charge in [0.15, 0.2) is 6.10 Å². The molecule has 1 aliphatic rings.